The van der Waals surface area contributed by atoms with Crippen LogP contribution in [-0.4, -0.2) is 11.1 Å². The Morgan fingerprint density at radius 3 is 3.10 bits per heavy atom. The van der Waals surface area contributed by atoms with E-state index >= 15 is 0 Å². The Hall–Kier alpha value is 1.14. The van der Waals surface area contributed by atoms with Crippen LogP contribution in [0.2, 0.25) is 0 Å². The molecule has 4 N–H and O–H groups in total. The Balaban J connectivity index is 2.77. The minimum atomic E-state index is -0.254. The molecule has 0 aliphatic heterocycles. The van der Waals surface area contributed by atoms with E-state index in [4.69, 9.17) is 5.84 Å². The minimum absolute atomic E-state index is 0.157. The Labute approximate surface area is 82.8 Å². The van der Waals surface area contributed by atoms with Gasteiger partial charge in [-0.15, -0.1) is 0 Å². The van der Waals surface area contributed by atoms with E-state index in [0.29, 0.717) is 0 Å². The maximum absolute atomic E-state index is 4.97. The number of alkyl halides is 1. The fourth-order valence-electron chi connectivity index (χ4n) is 0.291. The van der Waals surface area contributed by atoms with E-state index in [2.05, 4.69) is 17.2 Å². The van der Waals surface area contributed by atoms with Crippen LogP contribution >= 0.6 is 21.3 Å². The van der Waals surface area contributed by atoms with Crippen LogP contribution in [-0.2, 0) is 0 Å². The van der Waals surface area contributed by atoms with E-state index in [9.17, 15) is 0 Å². The molecule has 0 unspecified atom stereocenters. The van der Waals surface area contributed by atoms with Gasteiger partial charge in [0.15, 0.2) is 0 Å². The summed E-state index contributed by atoms with van der Waals surface area (Å²) in [6.07, 6.45) is 1.22. The Kier molecular flexibility index (Phi) is 11.3. The molecule has 10 heavy (non-hydrogen) atoms. The second-order valence-corrected chi connectivity index (χ2v) is 5.56. The van der Waals surface area contributed by atoms with E-state index < -0.39 is 0 Å². The van der Waals surface area contributed by atoms with Crippen molar-refractivity contribution in [2.45, 2.75) is 13.3 Å². The fraction of sp³-hybridized carbons (Fsp3) is 1.00. The second-order valence-electron chi connectivity index (χ2n) is 1.47. The maximum atomic E-state index is 4.97. The molecule has 0 spiro atoms. The topological polar surface area (TPSA) is 62.4 Å². The van der Waals surface area contributed by atoms with Crippen molar-refractivity contribution < 1.29 is 21.5 Å². The quantitative estimate of drug-likeness (QED) is 0.0919. The standard InChI is InChI=1S/C4H13I2N4/c1-2-3-8-5-4-9-6-10-7/h8H,2-4,7H2,1H3,(H,9,10)/q-1. The van der Waals surface area contributed by atoms with Crippen molar-refractivity contribution >= 4 is 21.3 Å². The molecule has 0 aliphatic carbocycles. The Morgan fingerprint density at radius 2 is 2.50 bits per heavy atom. The zero-order chi connectivity index (χ0) is 7.66. The van der Waals surface area contributed by atoms with Crippen LogP contribution in [0.5, 0.6) is 0 Å². The molecule has 0 amide bonds. The van der Waals surface area contributed by atoms with Crippen molar-refractivity contribution in [2.75, 3.05) is 11.1 Å². The summed E-state index contributed by atoms with van der Waals surface area (Å²) >= 11 is -0.0973. The molecule has 0 bridgehead atoms. The van der Waals surface area contributed by atoms with E-state index in [1.54, 1.807) is 0 Å². The van der Waals surface area contributed by atoms with Gasteiger partial charge >= 0.3 is 83.4 Å². The third-order valence-corrected chi connectivity index (χ3v) is 4.97. The zero-order valence-corrected chi connectivity index (χ0v) is 10.2. The van der Waals surface area contributed by atoms with Gasteiger partial charge in [-0.05, 0) is 0 Å². The van der Waals surface area contributed by atoms with Gasteiger partial charge in [-0.1, -0.05) is 0 Å². The van der Waals surface area contributed by atoms with E-state index in [-0.39, 0.29) is 42.8 Å². The van der Waals surface area contributed by atoms with Crippen LogP contribution in [0.25, 0.3) is 0 Å². The molecule has 0 aromatic rings. The molecule has 0 fully saturated rings. The van der Waals surface area contributed by atoms with Crippen molar-refractivity contribution in [3.8, 4) is 0 Å². The molecule has 0 aromatic heterocycles. The van der Waals surface area contributed by atoms with Gasteiger partial charge in [0.05, 0.1) is 0 Å². The van der Waals surface area contributed by atoms with Crippen molar-refractivity contribution in [3.63, 3.8) is 0 Å². The fourth-order valence-corrected chi connectivity index (χ4v) is 3.78. The first-order chi connectivity index (χ1) is 4.91. The first-order valence-electron chi connectivity index (χ1n) is 2.99. The summed E-state index contributed by atoms with van der Waals surface area (Å²) in [5.41, 5.74) is 0. The van der Waals surface area contributed by atoms with Crippen molar-refractivity contribution in [3.05, 3.63) is 0 Å². The molecule has 6 heteroatoms. The molecule has 64 valence electrons. The van der Waals surface area contributed by atoms with Gasteiger partial charge < -0.3 is 0 Å². The first-order valence-corrected chi connectivity index (χ1v) is 7.63. The normalized spacial score (nSPS) is 12.2. The summed E-state index contributed by atoms with van der Waals surface area (Å²) in [5.74, 6) is 4.97. The molecule has 0 aromatic carbocycles. The van der Waals surface area contributed by atoms with Crippen LogP contribution in [0.3, 0.4) is 0 Å². The van der Waals surface area contributed by atoms with Crippen LogP contribution in [0.1, 0.15) is 13.3 Å². The molecule has 0 rings (SSSR count). The average molecular weight is 371 g/mol. The molecule has 0 saturated carbocycles. The predicted molar refractivity (Wildman–Crippen MR) is 46.9 cm³/mol. The van der Waals surface area contributed by atoms with Crippen LogP contribution in [0.4, 0.5) is 0 Å². The van der Waals surface area contributed by atoms with Crippen LogP contribution in [0, 0.1) is 0 Å². The summed E-state index contributed by atoms with van der Waals surface area (Å²) in [7, 11) is 0. The second kappa shape index (κ2) is 10.1. The third-order valence-electron chi connectivity index (χ3n) is 0.665. The summed E-state index contributed by atoms with van der Waals surface area (Å²) in [5, 5.41) is 0. The zero-order valence-electron chi connectivity index (χ0n) is 5.90. The Bertz CT molecular complexity index is 87.3. The number of halogens is 2. The summed E-state index contributed by atoms with van der Waals surface area (Å²) in [6, 6.07) is 0. The monoisotopic (exact) mass is 371 g/mol. The molecule has 0 radical (unpaired) electrons. The van der Waals surface area contributed by atoms with E-state index in [1.165, 1.54) is 6.42 Å². The number of nitrogens with one attached hydrogen (secondary N) is 2. The molecular formula is C4H13I2N4-. The molecule has 0 aliphatic rings. The number of nitrogens with two attached hydrogens (primary N) is 1. The van der Waals surface area contributed by atoms with Crippen LogP contribution in [0.15, 0.2) is 3.25 Å². The number of rotatable bonds is 6. The van der Waals surface area contributed by atoms with Gasteiger partial charge in [-0.25, -0.2) is 0 Å². The SMILES string of the molecule is CCCN[I-]CNI=NN. The van der Waals surface area contributed by atoms with Gasteiger partial charge in [-0.3, -0.25) is 0 Å². The van der Waals surface area contributed by atoms with Gasteiger partial charge in [-0.2, -0.15) is 0 Å². The van der Waals surface area contributed by atoms with Crippen molar-refractivity contribution in [1.82, 2.24) is 7.06 Å². The van der Waals surface area contributed by atoms with Gasteiger partial charge in [0.25, 0.3) is 0 Å². The summed E-state index contributed by atoms with van der Waals surface area (Å²) < 4.78 is 11.2. The molecule has 0 saturated heterocycles. The van der Waals surface area contributed by atoms with Gasteiger partial charge in [0, 0.05) is 0 Å². The summed E-state index contributed by atoms with van der Waals surface area (Å²) in [4.78, 5) is 0. The third kappa shape index (κ3) is 9.14. The number of hydrogen-bond donors (Lipinski definition) is 3. The summed E-state index contributed by atoms with van der Waals surface area (Å²) in [6.45, 7) is 3.32. The number of nitrogens with zero attached hydrogens (tertiary/aromatic N) is 1. The van der Waals surface area contributed by atoms with Crippen LogP contribution < -0.4 is 34.4 Å². The Morgan fingerprint density at radius 1 is 1.70 bits per heavy atom. The van der Waals surface area contributed by atoms with Crippen molar-refractivity contribution in [1.29, 1.82) is 0 Å². The number of hydrogen-bond acceptors (Lipinski definition) is 3. The van der Waals surface area contributed by atoms with Gasteiger partial charge in [0.1, 0.15) is 0 Å². The predicted octanol–water partition coefficient (Wildman–Crippen LogP) is -2.52. The molecule has 0 heterocycles. The molecule has 0 atom stereocenters. The first kappa shape index (κ1) is 11.1. The van der Waals surface area contributed by atoms with E-state index in [0.717, 1.165) is 11.1 Å². The average Bonchev–Trinajstić information content (AvgIpc) is 1.97. The van der Waals surface area contributed by atoms with Gasteiger partial charge in [0.2, 0.25) is 0 Å². The van der Waals surface area contributed by atoms with Crippen molar-refractivity contribution in [2.24, 2.45) is 9.10 Å². The van der Waals surface area contributed by atoms with E-state index in [1.807, 2.05) is 0 Å². The molecular weight excluding hydrogens is 358 g/mol. The molecule has 4 nitrogen and oxygen atoms in total.